The van der Waals surface area contributed by atoms with E-state index in [1.54, 1.807) is 11.0 Å². The summed E-state index contributed by atoms with van der Waals surface area (Å²) >= 11 is 0. The average Bonchev–Trinajstić information content (AvgIpc) is 2.80. The highest BCUT2D eigenvalue weighted by atomic mass is 16.7. The number of non-ortho nitro benzene ring substituents is 1. The van der Waals surface area contributed by atoms with Crippen LogP contribution >= 0.6 is 0 Å². The Hall–Kier alpha value is -3.05. The van der Waals surface area contributed by atoms with E-state index in [9.17, 15) is 24.5 Å². The molecule has 11 heteroatoms. The lowest BCUT2D eigenvalue weighted by atomic mass is 9.74. The molecule has 1 spiro atoms. The van der Waals surface area contributed by atoms with Crippen LogP contribution in [0, 0.1) is 15.5 Å². The van der Waals surface area contributed by atoms with Gasteiger partial charge in [-0.3, -0.25) is 29.9 Å². The molecule has 180 valence electrons. The predicted molar refractivity (Wildman–Crippen MR) is 119 cm³/mol. The second-order valence-electron chi connectivity index (χ2n) is 8.39. The first-order valence-electron chi connectivity index (χ1n) is 11.0. The van der Waals surface area contributed by atoms with Crippen LogP contribution in [-0.4, -0.2) is 67.8 Å². The smallest absolute Gasteiger partial charge is 0.330 e. The van der Waals surface area contributed by atoms with Gasteiger partial charge in [0.05, 0.1) is 11.5 Å². The molecule has 11 nitrogen and oxygen atoms in total. The van der Waals surface area contributed by atoms with Crippen LogP contribution in [-0.2, 0) is 25.5 Å². The van der Waals surface area contributed by atoms with Crippen LogP contribution in [0.3, 0.4) is 0 Å². The molecule has 0 aliphatic carbocycles. The van der Waals surface area contributed by atoms with Crippen LogP contribution < -0.4 is 10.2 Å². The molecular formula is C22H30N4O7. The first-order valence-corrected chi connectivity index (χ1v) is 11.0. The van der Waals surface area contributed by atoms with Gasteiger partial charge in [-0.2, -0.15) is 0 Å². The van der Waals surface area contributed by atoms with Crippen LogP contribution in [0.25, 0.3) is 0 Å². The van der Waals surface area contributed by atoms with Gasteiger partial charge in [-0.1, -0.05) is 26.2 Å². The molecule has 1 aromatic rings. The highest BCUT2D eigenvalue weighted by molar-refractivity contribution is 6.20. The number of carbonyl (C=O) groups is 3. The summed E-state index contributed by atoms with van der Waals surface area (Å²) in [5, 5.41) is 13.7. The number of nitro benzene ring substituents is 1. The maximum Gasteiger partial charge on any atom is 0.330 e. The first kappa shape index (κ1) is 24.6. The monoisotopic (exact) mass is 462 g/mol. The minimum Gasteiger partial charge on any atom is -0.365 e. The highest BCUT2D eigenvalue weighted by Gasteiger charge is 2.56. The number of benzene rings is 1. The van der Waals surface area contributed by atoms with Crippen molar-refractivity contribution in [2.24, 2.45) is 5.41 Å². The summed E-state index contributed by atoms with van der Waals surface area (Å²) in [5.74, 6) is -1.28. The minimum absolute atomic E-state index is 0.00949. The summed E-state index contributed by atoms with van der Waals surface area (Å²) in [6.45, 7) is 2.45. The molecule has 0 bridgehead atoms. The van der Waals surface area contributed by atoms with Gasteiger partial charge in [0.25, 0.3) is 5.69 Å². The van der Waals surface area contributed by atoms with E-state index in [0.29, 0.717) is 17.7 Å². The minimum atomic E-state index is -1.59. The number of ether oxygens (including phenoxy) is 2. The van der Waals surface area contributed by atoms with Gasteiger partial charge >= 0.3 is 6.03 Å². The van der Waals surface area contributed by atoms with Crippen molar-refractivity contribution >= 4 is 29.2 Å². The topological polar surface area (TPSA) is 131 Å². The number of urea groups is 1. The van der Waals surface area contributed by atoms with Gasteiger partial charge < -0.3 is 14.4 Å². The molecule has 1 aromatic carbocycles. The SMILES string of the molecule is CCCCCCN1C(=O)NC(=O)C2(Cc3cc([N+](=O)[O-])ccc3N(CC(OC)OC)C2)C1=O. The van der Waals surface area contributed by atoms with Gasteiger partial charge in [-0.05, 0) is 24.5 Å². The number of barbiturate groups is 1. The molecule has 1 N–H and O–H groups in total. The van der Waals surface area contributed by atoms with Crippen molar-refractivity contribution in [1.82, 2.24) is 10.2 Å². The molecule has 0 saturated carbocycles. The Balaban J connectivity index is 1.99. The van der Waals surface area contributed by atoms with E-state index in [-0.39, 0.29) is 31.7 Å². The predicted octanol–water partition coefficient (Wildman–Crippen LogP) is 2.22. The summed E-state index contributed by atoms with van der Waals surface area (Å²) in [6.07, 6.45) is 2.78. The van der Waals surface area contributed by atoms with Gasteiger partial charge in [0.1, 0.15) is 5.41 Å². The van der Waals surface area contributed by atoms with Crippen molar-refractivity contribution in [1.29, 1.82) is 0 Å². The Bertz CT molecular complexity index is 933. The molecule has 0 radical (unpaired) electrons. The maximum atomic E-state index is 13.6. The quantitative estimate of drug-likeness (QED) is 0.184. The molecule has 1 unspecified atom stereocenters. The molecule has 2 heterocycles. The number of nitrogens with one attached hydrogen (secondary N) is 1. The summed E-state index contributed by atoms with van der Waals surface area (Å²) in [5.41, 5.74) is -0.605. The van der Waals surface area contributed by atoms with Crippen LogP contribution in [0.15, 0.2) is 18.2 Å². The fourth-order valence-electron chi connectivity index (χ4n) is 4.44. The Labute approximate surface area is 192 Å². The van der Waals surface area contributed by atoms with Crippen molar-refractivity contribution in [2.45, 2.75) is 45.3 Å². The third kappa shape index (κ3) is 4.83. The zero-order chi connectivity index (χ0) is 24.2. The molecule has 4 amide bonds. The lowest BCUT2D eigenvalue weighted by Crippen LogP contribution is -2.69. The zero-order valence-corrected chi connectivity index (χ0v) is 19.2. The number of rotatable bonds is 10. The molecule has 3 rings (SSSR count). The van der Waals surface area contributed by atoms with Crippen LogP contribution in [0.1, 0.15) is 38.2 Å². The van der Waals surface area contributed by atoms with Crippen molar-refractivity contribution in [3.8, 4) is 0 Å². The standard InChI is InChI=1S/C22H30N4O7/c1-4-5-6-7-10-25-20(28)22(19(27)23-21(25)29)12-15-11-16(26(30)31)8-9-17(15)24(14-22)13-18(32-2)33-3/h8-9,11,18H,4-7,10,12-14H2,1-3H3,(H,23,27,29). The van der Waals surface area contributed by atoms with Crippen molar-refractivity contribution in [3.63, 3.8) is 0 Å². The van der Waals surface area contributed by atoms with Gasteiger partial charge in [-0.15, -0.1) is 0 Å². The highest BCUT2D eigenvalue weighted by Crippen LogP contribution is 2.41. The van der Waals surface area contributed by atoms with Crippen LogP contribution in [0.2, 0.25) is 0 Å². The molecule has 1 saturated heterocycles. The molecule has 2 aliphatic rings. The van der Waals surface area contributed by atoms with E-state index >= 15 is 0 Å². The van der Waals surface area contributed by atoms with Gasteiger partial charge in [0.2, 0.25) is 11.8 Å². The number of fused-ring (bicyclic) bond motifs is 1. The number of amides is 4. The molecule has 33 heavy (non-hydrogen) atoms. The van der Waals surface area contributed by atoms with Crippen LogP contribution in [0.4, 0.5) is 16.2 Å². The number of anilines is 1. The van der Waals surface area contributed by atoms with Crippen LogP contribution in [0.5, 0.6) is 0 Å². The molecule has 0 aromatic heterocycles. The normalized spacial score (nSPS) is 20.4. The Morgan fingerprint density at radius 1 is 1.18 bits per heavy atom. The van der Waals surface area contributed by atoms with Gasteiger partial charge in [0.15, 0.2) is 6.29 Å². The first-order chi connectivity index (χ1) is 15.8. The van der Waals surface area contributed by atoms with Crippen molar-refractivity contribution in [3.05, 3.63) is 33.9 Å². The molecule has 1 fully saturated rings. The van der Waals surface area contributed by atoms with E-state index in [2.05, 4.69) is 12.2 Å². The second kappa shape index (κ2) is 10.3. The average molecular weight is 463 g/mol. The van der Waals surface area contributed by atoms with Crippen molar-refractivity contribution in [2.75, 3.05) is 38.8 Å². The van der Waals surface area contributed by atoms with E-state index in [1.165, 1.54) is 26.4 Å². The Morgan fingerprint density at radius 2 is 1.91 bits per heavy atom. The molecular weight excluding hydrogens is 432 g/mol. The maximum absolute atomic E-state index is 13.6. The van der Waals surface area contributed by atoms with E-state index in [0.717, 1.165) is 24.2 Å². The molecule has 1 atom stereocenters. The lowest BCUT2D eigenvalue weighted by Gasteiger charge is -2.46. The van der Waals surface area contributed by atoms with Gasteiger partial charge in [-0.25, -0.2) is 4.79 Å². The largest absolute Gasteiger partial charge is 0.365 e. The van der Waals surface area contributed by atoms with E-state index in [1.807, 2.05) is 0 Å². The zero-order valence-electron chi connectivity index (χ0n) is 19.2. The van der Waals surface area contributed by atoms with E-state index < -0.39 is 34.5 Å². The second-order valence-corrected chi connectivity index (χ2v) is 8.39. The number of unbranched alkanes of at least 4 members (excludes halogenated alkanes) is 3. The lowest BCUT2D eigenvalue weighted by molar-refractivity contribution is -0.384. The number of carbonyl (C=O) groups excluding carboxylic acids is 3. The number of hydrogen-bond donors (Lipinski definition) is 1. The van der Waals surface area contributed by atoms with Gasteiger partial charge in [0, 0.05) is 45.1 Å². The van der Waals surface area contributed by atoms with Crippen molar-refractivity contribution < 1.29 is 28.8 Å². The number of hydrogen-bond acceptors (Lipinski definition) is 8. The Kier molecular flexibility index (Phi) is 7.65. The third-order valence-corrected chi connectivity index (χ3v) is 6.25. The fourth-order valence-corrected chi connectivity index (χ4v) is 4.44. The number of imide groups is 2. The fraction of sp³-hybridized carbons (Fsp3) is 0.591. The van der Waals surface area contributed by atoms with E-state index in [4.69, 9.17) is 9.47 Å². The number of methoxy groups -OCH3 is 2. The number of nitro groups is 1. The number of nitrogens with zero attached hydrogens (tertiary/aromatic N) is 3. The third-order valence-electron chi connectivity index (χ3n) is 6.25. The summed E-state index contributed by atoms with van der Waals surface area (Å²) < 4.78 is 10.6. The summed E-state index contributed by atoms with van der Waals surface area (Å²) in [4.78, 5) is 52.9. The Morgan fingerprint density at radius 3 is 2.55 bits per heavy atom. The summed E-state index contributed by atoms with van der Waals surface area (Å²) in [7, 11) is 2.94. The summed E-state index contributed by atoms with van der Waals surface area (Å²) in [6, 6.07) is 3.63. The molecule has 2 aliphatic heterocycles.